The van der Waals surface area contributed by atoms with Crippen LogP contribution >= 0.6 is 0 Å². The van der Waals surface area contributed by atoms with Crippen molar-refractivity contribution in [2.24, 2.45) is 0 Å². The number of aliphatic hydroxyl groups is 3. The van der Waals surface area contributed by atoms with E-state index in [1.807, 2.05) is 0 Å². The molecule has 1 rings (SSSR count). The maximum Gasteiger partial charge on any atom is 0.117 e. The summed E-state index contributed by atoms with van der Waals surface area (Å²) in [7, 11) is 0. The lowest BCUT2D eigenvalue weighted by Gasteiger charge is -2.21. The molecule has 72 valence electrons. The fraction of sp³-hybridized carbons (Fsp3) is 0.333. The smallest absolute Gasteiger partial charge is 0.117 e. The first-order valence-electron chi connectivity index (χ1n) is 3.99. The molecule has 0 radical (unpaired) electrons. The van der Waals surface area contributed by atoms with Crippen molar-refractivity contribution in [2.75, 3.05) is 18.4 Å². The molecule has 0 saturated carbocycles. The van der Waals surface area contributed by atoms with Crippen molar-refractivity contribution in [3.05, 3.63) is 29.8 Å². The van der Waals surface area contributed by atoms with Crippen molar-refractivity contribution in [1.29, 1.82) is 0 Å². The van der Waals surface area contributed by atoms with Crippen molar-refractivity contribution in [3.63, 3.8) is 0 Å². The molecule has 0 aliphatic rings. The molecule has 0 heterocycles. The molecular weight excluding hydrogens is 170 g/mol. The van der Waals surface area contributed by atoms with Gasteiger partial charge in [0.15, 0.2) is 0 Å². The van der Waals surface area contributed by atoms with E-state index in [-0.39, 0.29) is 20.1 Å². The van der Waals surface area contributed by atoms with Crippen LogP contribution in [0.3, 0.4) is 0 Å². The predicted molar refractivity (Wildman–Crippen MR) is 49.0 cm³/mol. The first-order chi connectivity index (χ1) is 6.33. The summed E-state index contributed by atoms with van der Waals surface area (Å²) in [6.45, 7) is -0.645. The van der Waals surface area contributed by atoms with Gasteiger partial charge >= 0.3 is 0 Å². The van der Waals surface area contributed by atoms with Gasteiger partial charge in [0.25, 0.3) is 0 Å². The van der Waals surface area contributed by atoms with Gasteiger partial charge < -0.3 is 20.2 Å². The number of hydrogen-bond acceptors (Lipinski definition) is 4. The van der Waals surface area contributed by atoms with Crippen LogP contribution in [0.15, 0.2) is 24.3 Å². The lowest BCUT2D eigenvalue weighted by atomic mass is 10.2. The Hall–Kier alpha value is -1.10. The van der Waals surface area contributed by atoms with Crippen LogP contribution in [0.2, 0.25) is 0 Å². The summed E-state index contributed by atoms with van der Waals surface area (Å²) in [5.74, 6) is 0. The third kappa shape index (κ3) is 2.18. The zero-order valence-corrected chi connectivity index (χ0v) is 7.22. The number of benzene rings is 1. The average Bonchev–Trinajstić information content (AvgIpc) is 2.20. The van der Waals surface area contributed by atoms with Crippen LogP contribution in [0, 0.1) is 0 Å². The predicted octanol–water partition coefficient (Wildman–Crippen LogP) is -0.115. The number of nitrogens with zero attached hydrogens (tertiary/aromatic N) is 1. The highest BCUT2D eigenvalue weighted by molar-refractivity contribution is 5.52. The van der Waals surface area contributed by atoms with Crippen LogP contribution in [-0.2, 0) is 6.61 Å². The lowest BCUT2D eigenvalue weighted by Crippen LogP contribution is -2.26. The van der Waals surface area contributed by atoms with Gasteiger partial charge in [-0.2, -0.15) is 0 Å². The van der Waals surface area contributed by atoms with Crippen molar-refractivity contribution in [3.8, 4) is 0 Å². The van der Waals surface area contributed by atoms with Gasteiger partial charge in [-0.3, -0.25) is 0 Å². The molecule has 0 aliphatic carbocycles. The fourth-order valence-electron chi connectivity index (χ4n) is 1.15. The molecule has 3 N–H and O–H groups in total. The fourth-order valence-corrected chi connectivity index (χ4v) is 1.15. The molecular formula is C9H13NO3. The van der Waals surface area contributed by atoms with E-state index in [0.717, 1.165) is 0 Å². The van der Waals surface area contributed by atoms with Crippen molar-refractivity contribution >= 4 is 5.69 Å². The number of hydrogen-bond donors (Lipinski definition) is 3. The Morgan fingerprint density at radius 2 is 1.62 bits per heavy atom. The molecule has 0 bridgehead atoms. The second-order valence-electron chi connectivity index (χ2n) is 2.61. The standard InChI is InChI=1S/C9H13NO3/c11-5-8-3-1-2-4-9(8)10(6-12)7-13/h1-4,11-13H,5-7H2. The molecule has 1 aromatic carbocycles. The van der Waals surface area contributed by atoms with Gasteiger partial charge in [0.05, 0.1) is 6.61 Å². The lowest BCUT2D eigenvalue weighted by molar-refractivity contribution is 0.221. The second kappa shape index (κ2) is 4.81. The zero-order valence-electron chi connectivity index (χ0n) is 7.22. The van der Waals surface area contributed by atoms with Gasteiger partial charge in [-0.1, -0.05) is 18.2 Å². The van der Waals surface area contributed by atoms with Crippen molar-refractivity contribution in [2.45, 2.75) is 6.61 Å². The van der Waals surface area contributed by atoms with Gasteiger partial charge in [0, 0.05) is 11.3 Å². The van der Waals surface area contributed by atoms with Crippen molar-refractivity contribution < 1.29 is 15.3 Å². The quantitative estimate of drug-likeness (QED) is 0.570. The van der Waals surface area contributed by atoms with E-state index >= 15 is 0 Å². The van der Waals surface area contributed by atoms with Gasteiger partial charge in [-0.15, -0.1) is 0 Å². The molecule has 0 unspecified atom stereocenters. The highest BCUT2D eigenvalue weighted by atomic mass is 16.3. The number of rotatable bonds is 4. The highest BCUT2D eigenvalue weighted by Crippen LogP contribution is 2.18. The Bertz CT molecular complexity index is 261. The minimum Gasteiger partial charge on any atom is -0.392 e. The topological polar surface area (TPSA) is 63.9 Å². The molecule has 13 heavy (non-hydrogen) atoms. The largest absolute Gasteiger partial charge is 0.392 e. The van der Waals surface area contributed by atoms with E-state index < -0.39 is 0 Å². The molecule has 4 nitrogen and oxygen atoms in total. The van der Waals surface area contributed by atoms with E-state index in [9.17, 15) is 0 Å². The molecule has 4 heteroatoms. The minimum atomic E-state index is -0.270. The maximum atomic E-state index is 8.97. The van der Waals surface area contributed by atoms with Crippen LogP contribution in [0.5, 0.6) is 0 Å². The van der Waals surface area contributed by atoms with E-state index in [2.05, 4.69) is 0 Å². The molecule has 1 aromatic rings. The summed E-state index contributed by atoms with van der Waals surface area (Å²) in [6.07, 6.45) is 0. The summed E-state index contributed by atoms with van der Waals surface area (Å²) in [5, 5.41) is 26.7. The third-order valence-corrected chi connectivity index (χ3v) is 1.84. The van der Waals surface area contributed by atoms with Crippen molar-refractivity contribution in [1.82, 2.24) is 0 Å². The SMILES string of the molecule is OCc1ccccc1N(CO)CO. The average molecular weight is 183 g/mol. The summed E-state index contributed by atoms with van der Waals surface area (Å²) >= 11 is 0. The maximum absolute atomic E-state index is 8.97. The van der Waals surface area contributed by atoms with Gasteiger partial charge in [0.1, 0.15) is 13.5 Å². The Labute approximate surface area is 76.7 Å². The second-order valence-corrected chi connectivity index (χ2v) is 2.61. The Balaban J connectivity index is 2.96. The van der Waals surface area contributed by atoms with Crippen LogP contribution in [0.4, 0.5) is 5.69 Å². The minimum absolute atomic E-state index is 0.104. The first kappa shape index (κ1) is 9.98. The number of aliphatic hydroxyl groups excluding tert-OH is 3. The zero-order chi connectivity index (χ0) is 9.68. The molecule has 0 amide bonds. The normalized spacial score (nSPS) is 10.1. The molecule has 0 fully saturated rings. The Morgan fingerprint density at radius 1 is 1.00 bits per heavy atom. The number of anilines is 1. The van der Waals surface area contributed by atoms with E-state index in [1.165, 1.54) is 4.90 Å². The van der Waals surface area contributed by atoms with E-state index in [0.29, 0.717) is 11.3 Å². The van der Waals surface area contributed by atoms with Gasteiger partial charge in [-0.05, 0) is 6.07 Å². The molecule has 0 atom stereocenters. The molecule has 0 spiro atoms. The monoisotopic (exact) mass is 183 g/mol. The molecule has 0 saturated heterocycles. The van der Waals surface area contributed by atoms with E-state index in [1.54, 1.807) is 24.3 Å². The Kier molecular flexibility index (Phi) is 3.70. The third-order valence-electron chi connectivity index (χ3n) is 1.84. The van der Waals surface area contributed by atoms with Crippen LogP contribution < -0.4 is 4.90 Å². The van der Waals surface area contributed by atoms with Crippen LogP contribution in [0.1, 0.15) is 5.56 Å². The first-order valence-corrected chi connectivity index (χ1v) is 3.99. The van der Waals surface area contributed by atoms with E-state index in [4.69, 9.17) is 15.3 Å². The number of para-hydroxylation sites is 1. The van der Waals surface area contributed by atoms with Gasteiger partial charge in [0.2, 0.25) is 0 Å². The van der Waals surface area contributed by atoms with Crippen LogP contribution in [-0.4, -0.2) is 28.8 Å². The van der Waals surface area contributed by atoms with Crippen LogP contribution in [0.25, 0.3) is 0 Å². The highest BCUT2D eigenvalue weighted by Gasteiger charge is 2.06. The summed E-state index contributed by atoms with van der Waals surface area (Å²) < 4.78 is 0. The molecule has 0 aliphatic heterocycles. The summed E-state index contributed by atoms with van der Waals surface area (Å²) in [4.78, 5) is 1.35. The Morgan fingerprint density at radius 3 is 2.15 bits per heavy atom. The molecule has 0 aromatic heterocycles. The summed E-state index contributed by atoms with van der Waals surface area (Å²) in [6, 6.07) is 7.06. The summed E-state index contributed by atoms with van der Waals surface area (Å²) in [5.41, 5.74) is 1.33. The van der Waals surface area contributed by atoms with Gasteiger partial charge in [-0.25, -0.2) is 0 Å².